The van der Waals surface area contributed by atoms with E-state index in [9.17, 15) is 0 Å². The second-order valence-electron chi connectivity index (χ2n) is 17.3. The van der Waals surface area contributed by atoms with Crippen LogP contribution in [0.1, 0.15) is 25.0 Å². The summed E-state index contributed by atoms with van der Waals surface area (Å²) in [5.41, 5.74) is 17.6. The standard InChI is InChI=1S/C59H38N2O/c1-59(2)52-24-10-9-21-45(52)46-26-25-39(32-53(46)59)42-30-49(58-51(31-42)50-29-37-13-3-4-14-38(37)33-55(50)62-58)40-17-11-15-35(27-40)36-16-12-18-41(28-36)54-34-60-56-47-22-7-5-19-43(47)44-20-6-8-23-48(44)57(56)61-54/h3-34H,1-2H3. The minimum atomic E-state index is -0.0976. The molecule has 3 nitrogen and oxygen atoms in total. The topological polar surface area (TPSA) is 38.9 Å². The summed E-state index contributed by atoms with van der Waals surface area (Å²) < 4.78 is 6.89. The highest BCUT2D eigenvalue weighted by Crippen LogP contribution is 2.50. The molecule has 2 aromatic heterocycles. The van der Waals surface area contributed by atoms with Crippen molar-refractivity contribution in [3.63, 3.8) is 0 Å². The van der Waals surface area contributed by atoms with Crippen LogP contribution in [0.3, 0.4) is 0 Å². The number of rotatable bonds is 4. The Bertz CT molecular complexity index is 3820. The Balaban J connectivity index is 0.962. The van der Waals surface area contributed by atoms with Crippen LogP contribution in [-0.2, 0) is 5.41 Å². The first-order valence-electron chi connectivity index (χ1n) is 21.4. The molecule has 290 valence electrons. The Morgan fingerprint density at radius 2 is 1.00 bits per heavy atom. The van der Waals surface area contributed by atoms with Crippen molar-refractivity contribution in [2.75, 3.05) is 0 Å². The molecule has 62 heavy (non-hydrogen) atoms. The molecule has 1 aliphatic rings. The number of benzene rings is 10. The highest BCUT2D eigenvalue weighted by Gasteiger charge is 2.35. The summed E-state index contributed by atoms with van der Waals surface area (Å²) in [4.78, 5) is 10.4. The second kappa shape index (κ2) is 13.1. The molecule has 0 unspecified atom stereocenters. The van der Waals surface area contributed by atoms with E-state index in [0.717, 1.165) is 77.3 Å². The van der Waals surface area contributed by atoms with Crippen molar-refractivity contribution in [3.05, 3.63) is 205 Å². The highest BCUT2D eigenvalue weighted by atomic mass is 16.3. The number of fused-ring (bicyclic) bond motifs is 13. The van der Waals surface area contributed by atoms with E-state index in [4.69, 9.17) is 14.4 Å². The molecule has 0 saturated carbocycles. The molecule has 0 aliphatic heterocycles. The zero-order chi connectivity index (χ0) is 41.1. The molecule has 0 amide bonds. The van der Waals surface area contributed by atoms with Gasteiger partial charge in [-0.3, -0.25) is 4.98 Å². The minimum Gasteiger partial charge on any atom is -0.455 e. The third kappa shape index (κ3) is 5.18. The summed E-state index contributed by atoms with van der Waals surface area (Å²) in [5.74, 6) is 0. The molecule has 0 N–H and O–H groups in total. The van der Waals surface area contributed by atoms with Crippen LogP contribution in [0.4, 0.5) is 0 Å². The molecule has 1 aliphatic carbocycles. The fraction of sp³-hybridized carbons (Fsp3) is 0.0508. The van der Waals surface area contributed by atoms with Crippen LogP contribution in [0.15, 0.2) is 199 Å². The fourth-order valence-electron chi connectivity index (χ4n) is 10.3. The summed E-state index contributed by atoms with van der Waals surface area (Å²) in [6.45, 7) is 4.70. The molecule has 12 aromatic rings. The van der Waals surface area contributed by atoms with E-state index in [1.165, 1.54) is 54.9 Å². The van der Waals surface area contributed by atoms with Crippen LogP contribution < -0.4 is 0 Å². The molecule has 2 heterocycles. The Morgan fingerprint density at radius 1 is 0.387 bits per heavy atom. The zero-order valence-electron chi connectivity index (χ0n) is 34.3. The van der Waals surface area contributed by atoms with Crippen LogP contribution >= 0.6 is 0 Å². The SMILES string of the molecule is CC1(C)c2ccccc2-c2ccc(-c3cc(-c4cccc(-c5cccc(-c6cnc7c8ccccc8c8ccccc8c7n6)c5)c4)c4oc5cc6ccccc6cc5c4c3)cc21. The van der Waals surface area contributed by atoms with Crippen LogP contribution in [0.25, 0.3) is 121 Å². The first-order valence-corrected chi connectivity index (χ1v) is 21.4. The maximum atomic E-state index is 6.89. The number of hydrogen-bond acceptors (Lipinski definition) is 3. The van der Waals surface area contributed by atoms with Gasteiger partial charge in [0.05, 0.1) is 22.9 Å². The molecule has 0 spiro atoms. The number of furan rings is 1. The normalized spacial score (nSPS) is 13.1. The lowest BCUT2D eigenvalue weighted by Crippen LogP contribution is -2.14. The Kier molecular flexibility index (Phi) is 7.36. The van der Waals surface area contributed by atoms with Gasteiger partial charge in [0.25, 0.3) is 0 Å². The first kappa shape index (κ1) is 34.9. The molecule has 0 bridgehead atoms. The Labute approximate surface area is 358 Å². The van der Waals surface area contributed by atoms with Gasteiger partial charge < -0.3 is 4.42 Å². The Hall–Kier alpha value is -7.88. The molecule has 0 radical (unpaired) electrons. The zero-order valence-corrected chi connectivity index (χ0v) is 34.3. The summed E-state index contributed by atoms with van der Waals surface area (Å²) in [7, 11) is 0. The highest BCUT2D eigenvalue weighted by molar-refractivity contribution is 6.23. The van der Waals surface area contributed by atoms with Crippen LogP contribution in [0, 0.1) is 0 Å². The quantitative estimate of drug-likeness (QED) is 0.167. The van der Waals surface area contributed by atoms with Crippen molar-refractivity contribution in [2.24, 2.45) is 0 Å². The van der Waals surface area contributed by atoms with Gasteiger partial charge in [-0.2, -0.15) is 0 Å². The Morgan fingerprint density at radius 3 is 1.79 bits per heavy atom. The number of aromatic nitrogens is 2. The van der Waals surface area contributed by atoms with E-state index in [-0.39, 0.29) is 5.41 Å². The molecule has 3 heteroatoms. The van der Waals surface area contributed by atoms with Crippen LogP contribution in [0.2, 0.25) is 0 Å². The third-order valence-electron chi connectivity index (χ3n) is 13.4. The van der Waals surface area contributed by atoms with Gasteiger partial charge in [0.2, 0.25) is 0 Å². The first-order chi connectivity index (χ1) is 30.5. The van der Waals surface area contributed by atoms with Gasteiger partial charge >= 0.3 is 0 Å². The molecular weight excluding hydrogens is 753 g/mol. The van der Waals surface area contributed by atoms with Gasteiger partial charge in [-0.1, -0.05) is 159 Å². The number of nitrogens with zero attached hydrogens (tertiary/aromatic N) is 2. The number of hydrogen-bond donors (Lipinski definition) is 0. The summed E-state index contributed by atoms with van der Waals surface area (Å²) >= 11 is 0. The summed E-state index contributed by atoms with van der Waals surface area (Å²) in [6.07, 6.45) is 1.92. The molecule has 0 fully saturated rings. The predicted octanol–water partition coefficient (Wildman–Crippen LogP) is 16.0. The molecule has 13 rings (SSSR count). The smallest absolute Gasteiger partial charge is 0.143 e. The van der Waals surface area contributed by atoms with Crippen LogP contribution in [0.5, 0.6) is 0 Å². The lowest BCUT2D eigenvalue weighted by Gasteiger charge is -2.22. The van der Waals surface area contributed by atoms with Gasteiger partial charge in [-0.25, -0.2) is 4.98 Å². The average Bonchev–Trinajstić information content (AvgIpc) is 3.80. The molecule has 0 saturated heterocycles. The minimum absolute atomic E-state index is 0.0976. The van der Waals surface area contributed by atoms with Gasteiger partial charge in [-0.15, -0.1) is 0 Å². The second-order valence-corrected chi connectivity index (χ2v) is 17.3. The summed E-state index contributed by atoms with van der Waals surface area (Å²) in [6, 6.07) is 68.1. The lowest BCUT2D eigenvalue weighted by atomic mass is 9.81. The molecule has 0 atom stereocenters. The van der Waals surface area contributed by atoms with E-state index in [0.29, 0.717) is 0 Å². The predicted molar refractivity (Wildman–Crippen MR) is 259 cm³/mol. The van der Waals surface area contributed by atoms with Gasteiger partial charge in [-0.05, 0) is 114 Å². The van der Waals surface area contributed by atoms with Crippen LogP contribution in [-0.4, -0.2) is 9.97 Å². The monoisotopic (exact) mass is 790 g/mol. The summed E-state index contributed by atoms with van der Waals surface area (Å²) in [5, 5.41) is 9.22. The average molecular weight is 791 g/mol. The van der Waals surface area contributed by atoms with Gasteiger partial charge in [0.1, 0.15) is 11.2 Å². The van der Waals surface area contributed by atoms with Crippen molar-refractivity contribution in [3.8, 4) is 55.8 Å². The van der Waals surface area contributed by atoms with E-state index >= 15 is 0 Å². The van der Waals surface area contributed by atoms with E-state index in [1.807, 2.05) is 6.20 Å². The fourth-order valence-corrected chi connectivity index (χ4v) is 10.3. The van der Waals surface area contributed by atoms with Crippen molar-refractivity contribution >= 4 is 65.3 Å². The van der Waals surface area contributed by atoms with Gasteiger partial charge in [0, 0.05) is 38.1 Å². The lowest BCUT2D eigenvalue weighted by molar-refractivity contribution is 0.660. The van der Waals surface area contributed by atoms with Gasteiger partial charge in [0.15, 0.2) is 0 Å². The molecular formula is C59H38N2O. The van der Waals surface area contributed by atoms with E-state index < -0.39 is 0 Å². The van der Waals surface area contributed by atoms with Crippen molar-refractivity contribution < 1.29 is 4.42 Å². The maximum absolute atomic E-state index is 6.89. The third-order valence-corrected chi connectivity index (χ3v) is 13.4. The van der Waals surface area contributed by atoms with Crippen molar-refractivity contribution in [1.82, 2.24) is 9.97 Å². The van der Waals surface area contributed by atoms with E-state index in [1.54, 1.807) is 0 Å². The molecule has 10 aromatic carbocycles. The van der Waals surface area contributed by atoms with E-state index in [2.05, 4.69) is 202 Å². The maximum Gasteiger partial charge on any atom is 0.143 e. The largest absolute Gasteiger partial charge is 0.455 e. The van der Waals surface area contributed by atoms with Crippen molar-refractivity contribution in [1.29, 1.82) is 0 Å². The van der Waals surface area contributed by atoms with Crippen molar-refractivity contribution in [2.45, 2.75) is 19.3 Å².